The molecule has 0 amide bonds. The summed E-state index contributed by atoms with van der Waals surface area (Å²) < 4.78 is 28.2. The van der Waals surface area contributed by atoms with Crippen LogP contribution in [0.3, 0.4) is 0 Å². The highest BCUT2D eigenvalue weighted by Gasteiger charge is 2.29. The molecule has 1 aliphatic rings. The summed E-state index contributed by atoms with van der Waals surface area (Å²) in [5.41, 5.74) is 0.456. The first-order valence-corrected chi connectivity index (χ1v) is 9.06. The number of halogens is 1. The Bertz CT molecular complexity index is 668. The molecule has 1 atom stereocenters. The van der Waals surface area contributed by atoms with Crippen LogP contribution in [-0.4, -0.2) is 25.5 Å². The van der Waals surface area contributed by atoms with Gasteiger partial charge in [-0.2, -0.15) is 0 Å². The highest BCUT2D eigenvalue weighted by atomic mass is 79.9. The molecule has 0 saturated heterocycles. The van der Waals surface area contributed by atoms with Gasteiger partial charge in [0.1, 0.15) is 0 Å². The monoisotopic (exact) mass is 375 g/mol. The number of rotatable bonds is 5. The normalized spacial score (nSPS) is 17.3. The first kappa shape index (κ1) is 16.5. The summed E-state index contributed by atoms with van der Waals surface area (Å²) in [6.07, 6.45) is 3.19. The fourth-order valence-electron chi connectivity index (χ4n) is 2.40. The number of hydrogen-bond donors (Lipinski definition) is 2. The molecule has 2 rings (SSSR count). The van der Waals surface area contributed by atoms with Crippen LogP contribution in [-0.2, 0) is 10.0 Å². The quantitative estimate of drug-likeness (QED) is 0.828. The van der Waals surface area contributed by atoms with E-state index in [1.54, 1.807) is 6.92 Å². The second kappa shape index (κ2) is 6.06. The summed E-state index contributed by atoms with van der Waals surface area (Å²) in [5, 5.41) is 9.07. The van der Waals surface area contributed by atoms with Gasteiger partial charge in [0.15, 0.2) is 0 Å². The minimum absolute atomic E-state index is 0.0143. The molecule has 116 valence electrons. The van der Waals surface area contributed by atoms with E-state index in [2.05, 4.69) is 20.7 Å². The molecule has 1 fully saturated rings. The molecule has 1 aliphatic carbocycles. The standard InChI is InChI=1S/C14H18BrNO4S/c1-8-12(15)6-11(14(17)18)7-13(8)21(19,20)16-9(2)10-4-3-5-10/h6-7,9-10,16H,3-5H2,1-2H3,(H,17,18). The van der Waals surface area contributed by atoms with Crippen LogP contribution in [0.2, 0.25) is 0 Å². The summed E-state index contributed by atoms with van der Waals surface area (Å²) in [4.78, 5) is 11.1. The minimum Gasteiger partial charge on any atom is -0.478 e. The topological polar surface area (TPSA) is 83.5 Å². The van der Waals surface area contributed by atoms with Crippen LogP contribution in [0.5, 0.6) is 0 Å². The minimum atomic E-state index is -3.73. The molecular formula is C14H18BrNO4S. The highest BCUT2D eigenvalue weighted by Crippen LogP contribution is 2.31. The number of carboxylic acids is 1. The van der Waals surface area contributed by atoms with Crippen molar-refractivity contribution in [2.75, 3.05) is 0 Å². The Labute approximate surface area is 132 Å². The van der Waals surface area contributed by atoms with Gasteiger partial charge in [0.2, 0.25) is 10.0 Å². The summed E-state index contributed by atoms with van der Waals surface area (Å²) >= 11 is 3.22. The van der Waals surface area contributed by atoms with Crippen molar-refractivity contribution in [3.05, 3.63) is 27.7 Å². The molecule has 0 aliphatic heterocycles. The molecule has 1 saturated carbocycles. The molecule has 1 unspecified atom stereocenters. The second-order valence-corrected chi connectivity index (χ2v) is 8.02. The van der Waals surface area contributed by atoms with Crippen molar-refractivity contribution < 1.29 is 18.3 Å². The third-order valence-electron chi connectivity index (χ3n) is 4.03. The number of carbonyl (C=O) groups is 1. The van der Waals surface area contributed by atoms with Crippen LogP contribution >= 0.6 is 15.9 Å². The van der Waals surface area contributed by atoms with Crippen LogP contribution in [0.1, 0.15) is 42.1 Å². The van der Waals surface area contributed by atoms with Crippen molar-refractivity contribution in [3.63, 3.8) is 0 Å². The van der Waals surface area contributed by atoms with E-state index in [1.807, 2.05) is 6.92 Å². The van der Waals surface area contributed by atoms with E-state index in [0.717, 1.165) is 19.3 Å². The van der Waals surface area contributed by atoms with Crippen LogP contribution in [0.25, 0.3) is 0 Å². The average Bonchev–Trinajstić information content (AvgIpc) is 2.28. The van der Waals surface area contributed by atoms with E-state index in [4.69, 9.17) is 5.11 Å². The maximum Gasteiger partial charge on any atom is 0.335 e. The van der Waals surface area contributed by atoms with Crippen LogP contribution in [0.15, 0.2) is 21.5 Å². The summed E-state index contributed by atoms with van der Waals surface area (Å²) in [6, 6.07) is 2.47. The Hall–Kier alpha value is -0.920. The van der Waals surface area contributed by atoms with Crippen molar-refractivity contribution in [2.24, 2.45) is 5.92 Å². The van der Waals surface area contributed by atoms with E-state index in [9.17, 15) is 13.2 Å². The molecule has 5 nitrogen and oxygen atoms in total. The maximum absolute atomic E-state index is 12.5. The van der Waals surface area contributed by atoms with Crippen LogP contribution in [0.4, 0.5) is 0 Å². The zero-order valence-corrected chi connectivity index (χ0v) is 14.3. The predicted octanol–water partition coefficient (Wildman–Crippen LogP) is 2.92. The van der Waals surface area contributed by atoms with Gasteiger partial charge in [-0.1, -0.05) is 22.4 Å². The van der Waals surface area contributed by atoms with E-state index >= 15 is 0 Å². The average molecular weight is 376 g/mol. The van der Waals surface area contributed by atoms with E-state index in [1.165, 1.54) is 12.1 Å². The lowest BCUT2D eigenvalue weighted by Gasteiger charge is -2.31. The van der Waals surface area contributed by atoms with Gasteiger partial charge in [-0.25, -0.2) is 17.9 Å². The molecule has 0 heterocycles. The van der Waals surface area contributed by atoms with E-state index < -0.39 is 16.0 Å². The summed E-state index contributed by atoms with van der Waals surface area (Å²) in [5.74, 6) is -0.787. The zero-order valence-electron chi connectivity index (χ0n) is 11.9. The second-order valence-electron chi connectivity index (χ2n) is 5.49. The zero-order chi connectivity index (χ0) is 15.8. The number of sulfonamides is 1. The molecule has 0 aromatic heterocycles. The van der Waals surface area contributed by atoms with Crippen molar-refractivity contribution in [1.82, 2.24) is 4.72 Å². The third-order valence-corrected chi connectivity index (χ3v) is 6.54. The van der Waals surface area contributed by atoms with Crippen molar-refractivity contribution in [3.8, 4) is 0 Å². The third kappa shape index (κ3) is 3.46. The van der Waals surface area contributed by atoms with Gasteiger partial charge >= 0.3 is 5.97 Å². The Morgan fingerprint density at radius 2 is 2.05 bits per heavy atom. The van der Waals surface area contributed by atoms with Crippen molar-refractivity contribution in [1.29, 1.82) is 0 Å². The van der Waals surface area contributed by atoms with Crippen LogP contribution in [0, 0.1) is 12.8 Å². The SMILES string of the molecule is Cc1c(Br)cc(C(=O)O)cc1S(=O)(=O)NC(C)C1CCC1. The highest BCUT2D eigenvalue weighted by molar-refractivity contribution is 9.10. The molecule has 1 aromatic carbocycles. The molecule has 0 bridgehead atoms. The van der Waals surface area contributed by atoms with E-state index in [-0.39, 0.29) is 16.5 Å². The molecule has 21 heavy (non-hydrogen) atoms. The summed E-state index contributed by atoms with van der Waals surface area (Å²) in [6.45, 7) is 3.51. The molecule has 1 aromatic rings. The molecular weight excluding hydrogens is 358 g/mol. The van der Waals surface area contributed by atoms with Gasteiger partial charge in [0.25, 0.3) is 0 Å². The maximum atomic E-state index is 12.5. The number of carboxylic acid groups (broad SMARTS) is 1. The fraction of sp³-hybridized carbons (Fsp3) is 0.500. The number of aromatic carboxylic acids is 1. The van der Waals surface area contributed by atoms with Gasteiger partial charge in [0.05, 0.1) is 10.5 Å². The Balaban J connectivity index is 2.36. The van der Waals surface area contributed by atoms with Gasteiger partial charge < -0.3 is 5.11 Å². The Kier molecular flexibility index (Phi) is 4.75. The lowest BCUT2D eigenvalue weighted by atomic mass is 9.81. The van der Waals surface area contributed by atoms with Crippen molar-refractivity contribution in [2.45, 2.75) is 44.0 Å². The first-order chi connectivity index (χ1) is 9.72. The number of nitrogens with one attached hydrogen (secondary N) is 1. The molecule has 2 N–H and O–H groups in total. The lowest BCUT2D eigenvalue weighted by molar-refractivity contribution is 0.0696. The lowest BCUT2D eigenvalue weighted by Crippen LogP contribution is -2.40. The van der Waals surface area contributed by atoms with Gasteiger partial charge in [0, 0.05) is 10.5 Å². The number of hydrogen-bond acceptors (Lipinski definition) is 3. The van der Waals surface area contributed by atoms with Gasteiger partial charge in [-0.15, -0.1) is 0 Å². The Morgan fingerprint density at radius 3 is 2.52 bits per heavy atom. The largest absolute Gasteiger partial charge is 0.478 e. The van der Waals surface area contributed by atoms with Gasteiger partial charge in [-0.05, 0) is 50.3 Å². The Morgan fingerprint density at radius 1 is 1.43 bits per heavy atom. The molecule has 0 spiro atoms. The number of benzene rings is 1. The fourth-order valence-corrected chi connectivity index (χ4v) is 4.60. The first-order valence-electron chi connectivity index (χ1n) is 6.78. The smallest absolute Gasteiger partial charge is 0.335 e. The molecule has 7 heteroatoms. The van der Waals surface area contributed by atoms with Crippen LogP contribution < -0.4 is 4.72 Å². The molecule has 0 radical (unpaired) electrons. The van der Waals surface area contributed by atoms with E-state index in [0.29, 0.717) is 16.0 Å². The van der Waals surface area contributed by atoms with Gasteiger partial charge in [-0.3, -0.25) is 0 Å². The van der Waals surface area contributed by atoms with Crippen molar-refractivity contribution >= 4 is 31.9 Å². The predicted molar refractivity (Wildman–Crippen MR) is 83.0 cm³/mol. The summed E-state index contributed by atoms with van der Waals surface area (Å²) in [7, 11) is -3.73.